The molecule has 0 saturated carbocycles. The van der Waals surface area contributed by atoms with Crippen LogP contribution in [0.2, 0.25) is 5.02 Å². The Morgan fingerprint density at radius 1 is 1.00 bits per heavy atom. The highest BCUT2D eigenvalue weighted by Gasteiger charge is 2.17. The number of carbonyl (C=O) groups excluding carboxylic acids is 1. The number of rotatable bonds is 6. The molecule has 0 spiro atoms. The number of hydrogen-bond donors (Lipinski definition) is 1. The zero-order chi connectivity index (χ0) is 20.3. The summed E-state index contributed by atoms with van der Waals surface area (Å²) in [5.41, 5.74) is 2.29. The quantitative estimate of drug-likeness (QED) is 0.470. The van der Waals surface area contributed by atoms with Gasteiger partial charge in [-0.25, -0.2) is 4.21 Å². The second-order valence-electron chi connectivity index (χ2n) is 6.55. The minimum Gasteiger partial charge on any atom is -0.378 e. The first-order valence-electron chi connectivity index (χ1n) is 8.59. The number of halogens is 1. The van der Waals surface area contributed by atoms with Crippen molar-refractivity contribution in [1.82, 2.24) is 0 Å². The lowest BCUT2D eigenvalue weighted by Gasteiger charge is -2.18. The molecule has 0 radical (unpaired) electrons. The second-order valence-corrected chi connectivity index (χ2v) is 9.01. The smallest absolute Gasteiger partial charge is 0.195 e. The Labute approximate surface area is 170 Å². The number of carbonyl (C=O) groups is 1. The van der Waals surface area contributed by atoms with E-state index in [-0.39, 0.29) is 5.78 Å². The number of hydrogen-bond acceptors (Lipinski definition) is 3. The molecular weight excluding hydrogens is 392 g/mol. The lowest BCUT2D eigenvalue weighted by Crippen LogP contribution is -2.16. The van der Waals surface area contributed by atoms with Crippen molar-refractivity contribution >= 4 is 44.3 Å². The fourth-order valence-corrected chi connectivity index (χ4v) is 4.14. The van der Waals surface area contributed by atoms with Gasteiger partial charge in [-0.3, -0.25) is 4.79 Å². The van der Waals surface area contributed by atoms with E-state index < -0.39 is 9.71 Å². The molecule has 3 rings (SSSR count). The van der Waals surface area contributed by atoms with Gasteiger partial charge in [0, 0.05) is 40.8 Å². The van der Waals surface area contributed by atoms with Crippen LogP contribution in [0.15, 0.2) is 77.7 Å². The normalized spacial score (nSPS) is 12.8. The van der Waals surface area contributed by atoms with Crippen molar-refractivity contribution in [1.29, 1.82) is 0 Å². The molecule has 0 aliphatic carbocycles. The zero-order valence-electron chi connectivity index (χ0n) is 15.7. The Bertz CT molecular complexity index is 1090. The van der Waals surface area contributed by atoms with Gasteiger partial charge in [0.25, 0.3) is 0 Å². The Hall–Kier alpha value is -2.76. The van der Waals surface area contributed by atoms with Gasteiger partial charge in [-0.05, 0) is 48.3 Å². The molecule has 1 unspecified atom stereocenters. The summed E-state index contributed by atoms with van der Waals surface area (Å²) >= 11 is 6.11. The third kappa shape index (κ3) is 4.38. The van der Waals surface area contributed by atoms with Gasteiger partial charge in [0.05, 0.1) is 15.4 Å². The molecule has 0 bridgehead atoms. The fourth-order valence-electron chi connectivity index (χ4n) is 2.74. The molecule has 6 heteroatoms. The van der Waals surface area contributed by atoms with E-state index >= 15 is 0 Å². The van der Waals surface area contributed by atoms with Gasteiger partial charge in [-0.1, -0.05) is 41.9 Å². The summed E-state index contributed by atoms with van der Waals surface area (Å²) in [4.78, 5) is 15.4. The predicted octanol–water partition coefficient (Wildman–Crippen LogP) is 4.74. The van der Waals surface area contributed by atoms with Crippen molar-refractivity contribution in [2.45, 2.75) is 4.90 Å². The van der Waals surface area contributed by atoms with Crippen LogP contribution in [0.1, 0.15) is 15.9 Å². The van der Waals surface area contributed by atoms with Gasteiger partial charge < -0.3 is 9.62 Å². The second kappa shape index (κ2) is 8.09. The number of benzene rings is 3. The standard InChI is InChI=1S/C22H21ClN2O2S/c1-25(2)18-10-12-19(13-11-18)28(3,27)24-21-14-9-17(23)15-20(21)22(26)16-7-5-4-6-8-16/h4-15H,3H2,1-2H3,(H,24,27). The van der Waals surface area contributed by atoms with E-state index in [0.29, 0.717) is 26.7 Å². The summed E-state index contributed by atoms with van der Waals surface area (Å²) in [6.07, 6.45) is 0. The first kappa shape index (κ1) is 20.0. The summed E-state index contributed by atoms with van der Waals surface area (Å²) in [6.45, 7) is 0. The van der Waals surface area contributed by atoms with Crippen molar-refractivity contribution in [2.75, 3.05) is 23.7 Å². The van der Waals surface area contributed by atoms with Crippen molar-refractivity contribution in [3.8, 4) is 0 Å². The molecule has 0 aromatic heterocycles. The minimum absolute atomic E-state index is 0.205. The summed E-state index contributed by atoms with van der Waals surface area (Å²) in [7, 11) is 0.998. The lowest BCUT2D eigenvalue weighted by atomic mass is 10.0. The molecule has 28 heavy (non-hydrogen) atoms. The lowest BCUT2D eigenvalue weighted by molar-refractivity contribution is 0.103. The molecule has 0 saturated heterocycles. The highest BCUT2D eigenvalue weighted by molar-refractivity contribution is 8.01. The van der Waals surface area contributed by atoms with Gasteiger partial charge in [-0.2, -0.15) is 0 Å². The van der Waals surface area contributed by atoms with Gasteiger partial charge >= 0.3 is 0 Å². The Kier molecular flexibility index (Phi) is 5.77. The largest absolute Gasteiger partial charge is 0.378 e. The summed E-state index contributed by atoms with van der Waals surface area (Å²) in [5, 5.41) is 0.427. The number of ketones is 1. The third-order valence-corrected chi connectivity index (χ3v) is 6.09. The van der Waals surface area contributed by atoms with Gasteiger partial charge in [0.15, 0.2) is 5.78 Å². The molecule has 1 atom stereocenters. The monoisotopic (exact) mass is 412 g/mol. The van der Waals surface area contributed by atoms with E-state index in [9.17, 15) is 9.00 Å². The Morgan fingerprint density at radius 2 is 1.64 bits per heavy atom. The Morgan fingerprint density at radius 3 is 2.25 bits per heavy atom. The zero-order valence-corrected chi connectivity index (χ0v) is 17.3. The van der Waals surface area contributed by atoms with Crippen LogP contribution >= 0.6 is 11.6 Å². The number of nitrogens with zero attached hydrogens (tertiary/aromatic N) is 1. The minimum atomic E-state index is -2.87. The summed E-state index contributed by atoms with van der Waals surface area (Å²) in [6, 6.07) is 21.1. The average Bonchev–Trinajstić information content (AvgIpc) is 2.69. The van der Waals surface area contributed by atoms with E-state index in [0.717, 1.165) is 5.69 Å². The van der Waals surface area contributed by atoms with E-state index in [1.807, 2.05) is 37.2 Å². The maximum atomic E-state index is 13.3. The Balaban J connectivity index is 1.97. The molecule has 0 amide bonds. The van der Waals surface area contributed by atoms with Crippen LogP contribution in [-0.4, -0.2) is 30.0 Å². The van der Waals surface area contributed by atoms with E-state index in [1.165, 1.54) is 0 Å². The molecule has 4 nitrogen and oxygen atoms in total. The van der Waals surface area contributed by atoms with E-state index in [2.05, 4.69) is 10.6 Å². The van der Waals surface area contributed by atoms with E-state index in [4.69, 9.17) is 11.6 Å². The summed E-state index contributed by atoms with van der Waals surface area (Å²) < 4.78 is 16.2. The van der Waals surface area contributed by atoms with Crippen molar-refractivity contribution in [2.24, 2.45) is 0 Å². The van der Waals surface area contributed by atoms with Gasteiger partial charge in [-0.15, -0.1) is 0 Å². The van der Waals surface area contributed by atoms with Crippen LogP contribution in [0.25, 0.3) is 0 Å². The van der Waals surface area contributed by atoms with Crippen LogP contribution < -0.4 is 9.62 Å². The molecular formula is C22H21ClN2O2S. The van der Waals surface area contributed by atoms with E-state index in [1.54, 1.807) is 54.6 Å². The van der Waals surface area contributed by atoms with Crippen molar-refractivity contribution in [3.63, 3.8) is 0 Å². The van der Waals surface area contributed by atoms with Crippen LogP contribution in [0.3, 0.4) is 0 Å². The van der Waals surface area contributed by atoms with Crippen LogP contribution in [-0.2, 0) is 9.71 Å². The maximum absolute atomic E-state index is 13.3. The van der Waals surface area contributed by atoms with Crippen molar-refractivity contribution in [3.05, 3.63) is 88.9 Å². The first-order chi connectivity index (χ1) is 13.3. The topological polar surface area (TPSA) is 49.4 Å². The maximum Gasteiger partial charge on any atom is 0.195 e. The fraction of sp³-hybridized carbons (Fsp3) is 0.0909. The molecule has 0 aliphatic rings. The predicted molar refractivity (Wildman–Crippen MR) is 119 cm³/mol. The molecule has 144 valence electrons. The molecule has 3 aromatic carbocycles. The van der Waals surface area contributed by atoms with Gasteiger partial charge in [0.1, 0.15) is 0 Å². The highest BCUT2D eigenvalue weighted by Crippen LogP contribution is 2.26. The van der Waals surface area contributed by atoms with Crippen LogP contribution in [0.4, 0.5) is 11.4 Å². The van der Waals surface area contributed by atoms with Crippen LogP contribution in [0, 0.1) is 0 Å². The van der Waals surface area contributed by atoms with Crippen molar-refractivity contribution < 1.29 is 9.00 Å². The molecule has 1 N–H and O–H groups in total. The molecule has 0 aliphatic heterocycles. The average molecular weight is 413 g/mol. The molecule has 0 heterocycles. The number of nitrogens with one attached hydrogen (secondary N) is 1. The molecule has 0 fully saturated rings. The SMILES string of the molecule is C=S(=O)(Nc1ccc(Cl)cc1C(=O)c1ccccc1)c1ccc(N(C)C)cc1. The van der Waals surface area contributed by atoms with Crippen LogP contribution in [0.5, 0.6) is 0 Å². The first-order valence-corrected chi connectivity index (χ1v) is 10.7. The third-order valence-electron chi connectivity index (χ3n) is 4.27. The molecule has 3 aromatic rings. The van der Waals surface area contributed by atoms with Gasteiger partial charge in [0.2, 0.25) is 0 Å². The summed E-state index contributed by atoms with van der Waals surface area (Å²) in [5.74, 6) is 3.66. The highest BCUT2D eigenvalue weighted by atomic mass is 35.5. The number of anilines is 2.